The third kappa shape index (κ3) is 4.80. The van der Waals surface area contributed by atoms with Gasteiger partial charge in [0.2, 0.25) is 0 Å². The first-order valence-corrected chi connectivity index (χ1v) is 8.09. The van der Waals surface area contributed by atoms with Crippen molar-refractivity contribution in [2.24, 2.45) is 5.92 Å². The number of benzene rings is 2. The van der Waals surface area contributed by atoms with Crippen molar-refractivity contribution in [1.29, 1.82) is 0 Å². The van der Waals surface area contributed by atoms with Crippen molar-refractivity contribution in [3.05, 3.63) is 53.1 Å². The predicted molar refractivity (Wildman–Crippen MR) is 102 cm³/mol. The molecule has 4 nitrogen and oxygen atoms in total. The highest BCUT2D eigenvalue weighted by Crippen LogP contribution is 2.33. The molecule has 0 fully saturated rings. The quantitative estimate of drug-likeness (QED) is 0.577. The van der Waals surface area contributed by atoms with Gasteiger partial charge in [-0.25, -0.2) is 0 Å². The molecule has 2 N–H and O–H groups in total. The SMILES string of the molecule is COc1cc(/C=C/c2ccc(O)c(O)c2)cc(OC)c1/C=C/C(C)C. The van der Waals surface area contributed by atoms with E-state index in [1.54, 1.807) is 20.3 Å². The molecule has 0 saturated carbocycles. The van der Waals surface area contributed by atoms with E-state index >= 15 is 0 Å². The molecule has 0 spiro atoms. The van der Waals surface area contributed by atoms with Crippen molar-refractivity contribution in [2.45, 2.75) is 13.8 Å². The molecular weight excluding hydrogens is 316 g/mol. The first-order valence-electron chi connectivity index (χ1n) is 8.09. The lowest BCUT2D eigenvalue weighted by Crippen LogP contribution is -1.94. The highest BCUT2D eigenvalue weighted by Gasteiger charge is 2.09. The second kappa shape index (κ2) is 8.29. The van der Waals surface area contributed by atoms with Gasteiger partial charge >= 0.3 is 0 Å². The molecule has 0 aliphatic heterocycles. The van der Waals surface area contributed by atoms with Crippen molar-refractivity contribution in [1.82, 2.24) is 0 Å². The van der Waals surface area contributed by atoms with Crippen molar-refractivity contribution >= 4 is 18.2 Å². The number of hydrogen-bond acceptors (Lipinski definition) is 4. The number of ether oxygens (including phenoxy) is 2. The van der Waals surface area contributed by atoms with Gasteiger partial charge in [-0.1, -0.05) is 44.2 Å². The van der Waals surface area contributed by atoms with Crippen LogP contribution < -0.4 is 9.47 Å². The number of rotatable bonds is 6. The van der Waals surface area contributed by atoms with Crippen LogP contribution in [0.5, 0.6) is 23.0 Å². The molecule has 0 atom stereocenters. The molecule has 25 heavy (non-hydrogen) atoms. The van der Waals surface area contributed by atoms with Gasteiger partial charge in [0.05, 0.1) is 19.8 Å². The molecule has 2 aromatic rings. The Balaban J connectivity index is 2.38. The number of methoxy groups -OCH3 is 2. The Bertz CT molecular complexity index is 763. The summed E-state index contributed by atoms with van der Waals surface area (Å²) >= 11 is 0. The number of phenolic OH excluding ortho intramolecular Hbond substituents is 2. The summed E-state index contributed by atoms with van der Waals surface area (Å²) in [4.78, 5) is 0. The summed E-state index contributed by atoms with van der Waals surface area (Å²) in [5.74, 6) is 1.60. The highest BCUT2D eigenvalue weighted by molar-refractivity contribution is 5.75. The summed E-state index contributed by atoms with van der Waals surface area (Å²) in [7, 11) is 3.26. The lowest BCUT2D eigenvalue weighted by molar-refractivity contribution is 0.392. The van der Waals surface area contributed by atoms with E-state index in [-0.39, 0.29) is 11.5 Å². The van der Waals surface area contributed by atoms with E-state index in [4.69, 9.17) is 9.47 Å². The predicted octanol–water partition coefficient (Wildman–Crippen LogP) is 4.95. The van der Waals surface area contributed by atoms with Crippen LogP contribution in [0.3, 0.4) is 0 Å². The van der Waals surface area contributed by atoms with Crippen LogP contribution in [0, 0.1) is 5.92 Å². The monoisotopic (exact) mass is 340 g/mol. The summed E-state index contributed by atoms with van der Waals surface area (Å²) in [6.07, 6.45) is 7.84. The Kier molecular flexibility index (Phi) is 6.12. The Morgan fingerprint density at radius 1 is 0.800 bits per heavy atom. The molecule has 0 bridgehead atoms. The van der Waals surface area contributed by atoms with E-state index in [2.05, 4.69) is 19.9 Å². The second-order valence-electron chi connectivity index (χ2n) is 6.02. The zero-order valence-electron chi connectivity index (χ0n) is 15.0. The van der Waals surface area contributed by atoms with Crippen molar-refractivity contribution in [2.75, 3.05) is 14.2 Å². The normalized spacial score (nSPS) is 11.6. The minimum absolute atomic E-state index is 0.137. The summed E-state index contributed by atoms with van der Waals surface area (Å²) in [6.45, 7) is 4.22. The highest BCUT2D eigenvalue weighted by atomic mass is 16.5. The second-order valence-corrected chi connectivity index (χ2v) is 6.02. The minimum Gasteiger partial charge on any atom is -0.504 e. The van der Waals surface area contributed by atoms with Gasteiger partial charge in [-0.2, -0.15) is 0 Å². The largest absolute Gasteiger partial charge is 0.504 e. The maximum Gasteiger partial charge on any atom is 0.157 e. The fourth-order valence-electron chi connectivity index (χ4n) is 2.34. The Morgan fingerprint density at radius 3 is 1.92 bits per heavy atom. The van der Waals surface area contributed by atoms with Crippen LogP contribution in [-0.4, -0.2) is 24.4 Å². The van der Waals surface area contributed by atoms with E-state index in [0.29, 0.717) is 5.92 Å². The van der Waals surface area contributed by atoms with Crippen molar-refractivity contribution < 1.29 is 19.7 Å². The Morgan fingerprint density at radius 2 is 1.40 bits per heavy atom. The molecule has 0 aromatic heterocycles. The van der Waals surface area contributed by atoms with Crippen molar-refractivity contribution in [3.63, 3.8) is 0 Å². The molecule has 0 amide bonds. The van der Waals surface area contributed by atoms with E-state index in [9.17, 15) is 10.2 Å². The van der Waals surface area contributed by atoms with Crippen LogP contribution in [0.4, 0.5) is 0 Å². The molecule has 2 rings (SSSR count). The van der Waals surface area contributed by atoms with Crippen LogP contribution >= 0.6 is 0 Å². The molecule has 0 saturated heterocycles. The summed E-state index contributed by atoms with van der Waals surface area (Å²) in [6, 6.07) is 8.54. The number of hydrogen-bond donors (Lipinski definition) is 2. The van der Waals surface area contributed by atoms with Gasteiger partial charge in [0.1, 0.15) is 11.5 Å². The van der Waals surface area contributed by atoms with E-state index in [1.807, 2.05) is 30.4 Å². The van der Waals surface area contributed by atoms with Crippen LogP contribution in [0.15, 0.2) is 36.4 Å². The molecule has 132 valence electrons. The zero-order chi connectivity index (χ0) is 18.4. The van der Waals surface area contributed by atoms with Crippen LogP contribution in [0.2, 0.25) is 0 Å². The smallest absolute Gasteiger partial charge is 0.157 e. The summed E-state index contributed by atoms with van der Waals surface area (Å²) < 4.78 is 11.0. The molecule has 0 unspecified atom stereocenters. The Labute approximate surface area is 148 Å². The van der Waals surface area contributed by atoms with Crippen LogP contribution in [-0.2, 0) is 0 Å². The molecule has 2 aromatic carbocycles. The molecule has 0 heterocycles. The maximum absolute atomic E-state index is 9.57. The third-order valence-electron chi connectivity index (χ3n) is 3.68. The van der Waals surface area contributed by atoms with Gasteiger partial charge < -0.3 is 19.7 Å². The van der Waals surface area contributed by atoms with E-state index in [0.717, 1.165) is 28.2 Å². The lowest BCUT2D eigenvalue weighted by Gasteiger charge is -2.12. The summed E-state index contributed by atoms with van der Waals surface area (Å²) in [5.41, 5.74) is 2.58. The number of phenols is 2. The first-order chi connectivity index (χ1) is 11.9. The fraction of sp³-hybridized carbons (Fsp3) is 0.238. The van der Waals surface area contributed by atoms with Gasteiger partial charge in [0.15, 0.2) is 11.5 Å². The zero-order valence-corrected chi connectivity index (χ0v) is 15.0. The van der Waals surface area contributed by atoms with Gasteiger partial charge in [0, 0.05) is 0 Å². The van der Waals surface area contributed by atoms with Crippen LogP contribution in [0.25, 0.3) is 18.2 Å². The van der Waals surface area contributed by atoms with Gasteiger partial charge in [-0.15, -0.1) is 0 Å². The average molecular weight is 340 g/mol. The average Bonchev–Trinajstić information content (AvgIpc) is 2.60. The molecule has 0 radical (unpaired) electrons. The van der Waals surface area contributed by atoms with Crippen molar-refractivity contribution in [3.8, 4) is 23.0 Å². The Hall–Kier alpha value is -2.88. The van der Waals surface area contributed by atoms with E-state index in [1.165, 1.54) is 12.1 Å². The van der Waals surface area contributed by atoms with Gasteiger partial charge in [-0.3, -0.25) is 0 Å². The lowest BCUT2D eigenvalue weighted by atomic mass is 10.0. The third-order valence-corrected chi connectivity index (χ3v) is 3.68. The fourth-order valence-corrected chi connectivity index (χ4v) is 2.34. The van der Waals surface area contributed by atoms with E-state index < -0.39 is 0 Å². The van der Waals surface area contributed by atoms with Gasteiger partial charge in [-0.05, 0) is 41.3 Å². The topological polar surface area (TPSA) is 58.9 Å². The minimum atomic E-state index is -0.147. The molecule has 4 heteroatoms. The van der Waals surface area contributed by atoms with Gasteiger partial charge in [0.25, 0.3) is 0 Å². The molecule has 0 aliphatic carbocycles. The standard InChI is InChI=1S/C21H24O4/c1-14(2)5-9-17-20(24-3)12-16(13-21(17)25-4)7-6-15-8-10-18(22)19(23)11-15/h5-14,22-23H,1-4H3/b7-6+,9-5+. The summed E-state index contributed by atoms with van der Waals surface area (Å²) in [5, 5.41) is 18.9. The number of allylic oxidation sites excluding steroid dienone is 1. The maximum atomic E-state index is 9.57. The first kappa shape index (κ1) is 18.5. The molecular formula is C21H24O4. The van der Waals surface area contributed by atoms with Crippen LogP contribution in [0.1, 0.15) is 30.5 Å². The number of aromatic hydroxyl groups is 2. The molecule has 0 aliphatic rings.